The molecule has 0 radical (unpaired) electrons. The summed E-state index contributed by atoms with van der Waals surface area (Å²) in [6.07, 6.45) is 4.62. The number of carbonyl (C=O) groups is 10. The summed E-state index contributed by atoms with van der Waals surface area (Å²) in [7, 11) is 0. The summed E-state index contributed by atoms with van der Waals surface area (Å²) in [6.45, 7) is 35.3. The monoisotopic (exact) mass is 1380 g/mol. The van der Waals surface area contributed by atoms with E-state index in [1.54, 1.807) is 68.5 Å². The Morgan fingerprint density at radius 1 is 0.469 bits per heavy atom. The Labute approximate surface area is 581 Å². The Hall–Kier alpha value is -7.03. The average Bonchev–Trinajstić information content (AvgIpc) is 0.843. The van der Waals surface area contributed by atoms with Crippen molar-refractivity contribution in [2.45, 2.75) is 241 Å². The van der Waals surface area contributed by atoms with Crippen LogP contribution in [0.25, 0.3) is 10.8 Å². The van der Waals surface area contributed by atoms with Gasteiger partial charge in [-0.1, -0.05) is 24.3 Å². The van der Waals surface area contributed by atoms with Crippen LogP contribution in [0.4, 0.5) is 4.79 Å². The zero-order chi connectivity index (χ0) is 73.4. The minimum absolute atomic E-state index is 0.00435. The van der Waals surface area contributed by atoms with Gasteiger partial charge in [-0.25, -0.2) is 14.4 Å². The molecule has 98 heavy (non-hydrogen) atoms. The molecule has 5 amide bonds. The van der Waals surface area contributed by atoms with Crippen molar-refractivity contribution in [1.29, 1.82) is 0 Å². The zero-order valence-electron chi connectivity index (χ0n) is 62.1. The second kappa shape index (κ2) is 38.0. The van der Waals surface area contributed by atoms with E-state index in [1.807, 2.05) is 112 Å². The van der Waals surface area contributed by atoms with Gasteiger partial charge in [0.25, 0.3) is 0 Å². The standard InChI is InChI=1S/C72H118N10O16/c1-67(2,3)93-58(84)31-30-55(65(91)98-72(16,17)18)78-66(92)77-54(64(90)97-71(13,14)15)25-21-22-32-73-63(89)56(42-53-41-51-23-19-20-24-52(51)44-74-53)76-62(88)50-28-26-49(27-29-50)43-75-57(83)45-79-33-35-80(46-59(85)94-68(4,5)6)37-39-82(48-61(87)96-70(10,11)12)40-38-81(36-34-79)47-60(86)95-69(7,8)9/h19-20,23-24,41,44,49-50,54-56H,21-22,25-40,42-43,45-48H2,1-18H3,(H,73,89)(H,75,83)(H,76,88)(H2,77,78,92)/t49?,50?,54-,55-,56-/m0/s1. The first kappa shape index (κ1) is 83.4. The summed E-state index contributed by atoms with van der Waals surface area (Å²) in [6, 6.07) is 5.30. The molecule has 552 valence electrons. The Morgan fingerprint density at radius 2 is 0.878 bits per heavy atom. The van der Waals surface area contributed by atoms with E-state index in [2.05, 4.69) is 31.6 Å². The number of pyridine rings is 1. The highest BCUT2D eigenvalue weighted by molar-refractivity contribution is 5.90. The lowest BCUT2D eigenvalue weighted by Gasteiger charge is -2.34. The van der Waals surface area contributed by atoms with E-state index in [9.17, 15) is 47.9 Å². The molecule has 1 saturated heterocycles. The van der Waals surface area contributed by atoms with E-state index < -0.39 is 99.4 Å². The number of hydrogen-bond donors (Lipinski definition) is 5. The second-order valence-corrected chi connectivity index (χ2v) is 31.9. The van der Waals surface area contributed by atoms with Crippen LogP contribution in [0.5, 0.6) is 0 Å². The highest BCUT2D eigenvalue weighted by atomic mass is 16.6. The molecule has 0 spiro atoms. The molecule has 4 rings (SSSR count). The quantitative estimate of drug-likeness (QED) is 0.0359. The number of hydrogen-bond acceptors (Lipinski definition) is 21. The molecule has 1 aromatic heterocycles. The molecule has 1 saturated carbocycles. The first-order chi connectivity index (χ1) is 45.3. The van der Waals surface area contributed by atoms with Crippen LogP contribution >= 0.6 is 0 Å². The van der Waals surface area contributed by atoms with Crippen molar-refractivity contribution in [3.05, 3.63) is 42.2 Å². The number of fused-ring (bicyclic) bond motifs is 1. The highest BCUT2D eigenvalue weighted by Gasteiger charge is 2.35. The Balaban J connectivity index is 1.41. The third-order valence-corrected chi connectivity index (χ3v) is 15.4. The van der Waals surface area contributed by atoms with E-state index >= 15 is 0 Å². The molecule has 2 aromatic rings. The van der Waals surface area contributed by atoms with Crippen LogP contribution in [-0.2, 0) is 78.0 Å². The third kappa shape index (κ3) is 35.7. The zero-order valence-corrected chi connectivity index (χ0v) is 62.1. The predicted octanol–water partition coefficient (Wildman–Crippen LogP) is 6.56. The molecule has 5 N–H and O–H groups in total. The molecule has 0 bridgehead atoms. The van der Waals surface area contributed by atoms with Crippen LogP contribution in [0.3, 0.4) is 0 Å². The second-order valence-electron chi connectivity index (χ2n) is 31.9. The molecule has 1 aromatic carbocycles. The number of carbonyl (C=O) groups excluding carboxylic acids is 10. The molecule has 2 heterocycles. The van der Waals surface area contributed by atoms with Crippen molar-refractivity contribution in [1.82, 2.24) is 51.2 Å². The van der Waals surface area contributed by atoms with Gasteiger partial charge in [0.2, 0.25) is 17.7 Å². The molecule has 3 atom stereocenters. The van der Waals surface area contributed by atoms with Crippen LogP contribution in [0.2, 0.25) is 0 Å². The third-order valence-electron chi connectivity index (χ3n) is 15.4. The number of ether oxygens (including phenoxy) is 6. The largest absolute Gasteiger partial charge is 0.460 e. The first-order valence-corrected chi connectivity index (χ1v) is 34.8. The lowest BCUT2D eigenvalue weighted by Crippen LogP contribution is -2.53. The average molecular weight is 1380 g/mol. The Morgan fingerprint density at radius 3 is 1.32 bits per heavy atom. The fourth-order valence-corrected chi connectivity index (χ4v) is 11.0. The molecular weight excluding hydrogens is 1260 g/mol. The van der Waals surface area contributed by atoms with Gasteiger partial charge in [-0.05, 0) is 193 Å². The molecular formula is C72H118N10O16. The molecule has 0 unspecified atom stereocenters. The maximum atomic E-state index is 14.2. The normalized spacial score (nSPS) is 18.0. The number of unbranched alkanes of at least 4 members (excludes halogenated alkanes) is 1. The summed E-state index contributed by atoms with van der Waals surface area (Å²) in [5.74, 6) is -4.47. The summed E-state index contributed by atoms with van der Waals surface area (Å²) in [5, 5.41) is 16.2. The molecule has 1 aliphatic carbocycles. The maximum Gasteiger partial charge on any atom is 0.329 e. The van der Waals surface area contributed by atoms with Crippen LogP contribution in [0, 0.1) is 11.8 Å². The van der Waals surface area contributed by atoms with Gasteiger partial charge in [0.15, 0.2) is 0 Å². The first-order valence-electron chi connectivity index (χ1n) is 34.8. The van der Waals surface area contributed by atoms with Gasteiger partial charge >= 0.3 is 41.8 Å². The number of nitrogens with one attached hydrogen (secondary N) is 5. The van der Waals surface area contributed by atoms with Crippen molar-refractivity contribution in [3.63, 3.8) is 0 Å². The minimum Gasteiger partial charge on any atom is -0.460 e. The molecule has 26 heteroatoms. The van der Waals surface area contributed by atoms with Crippen LogP contribution in [0.15, 0.2) is 36.5 Å². The van der Waals surface area contributed by atoms with Gasteiger partial charge in [0.1, 0.15) is 51.7 Å². The summed E-state index contributed by atoms with van der Waals surface area (Å²) in [4.78, 5) is 148. The van der Waals surface area contributed by atoms with E-state index in [4.69, 9.17) is 28.4 Å². The smallest absolute Gasteiger partial charge is 0.329 e. The summed E-state index contributed by atoms with van der Waals surface area (Å²) in [5.41, 5.74) is -4.09. The van der Waals surface area contributed by atoms with Gasteiger partial charge < -0.3 is 55.0 Å². The van der Waals surface area contributed by atoms with Crippen LogP contribution in [0.1, 0.15) is 188 Å². The lowest BCUT2D eigenvalue weighted by atomic mass is 9.81. The molecule has 2 aliphatic rings. The van der Waals surface area contributed by atoms with Gasteiger partial charge in [0, 0.05) is 101 Å². The van der Waals surface area contributed by atoms with Crippen molar-refractivity contribution in [2.75, 3.05) is 91.6 Å². The van der Waals surface area contributed by atoms with Gasteiger partial charge in [0.05, 0.1) is 26.2 Å². The van der Waals surface area contributed by atoms with E-state index in [0.717, 1.165) is 10.8 Å². The van der Waals surface area contributed by atoms with E-state index in [0.29, 0.717) is 103 Å². The fourth-order valence-electron chi connectivity index (χ4n) is 11.0. The predicted molar refractivity (Wildman–Crippen MR) is 372 cm³/mol. The highest BCUT2D eigenvalue weighted by Crippen LogP contribution is 2.29. The maximum absolute atomic E-state index is 14.2. The van der Waals surface area contributed by atoms with Crippen molar-refractivity contribution in [2.24, 2.45) is 11.8 Å². The number of aromatic nitrogens is 1. The molecule has 26 nitrogen and oxygen atoms in total. The number of benzene rings is 1. The number of rotatable bonds is 27. The van der Waals surface area contributed by atoms with Crippen molar-refractivity contribution >= 4 is 70.3 Å². The van der Waals surface area contributed by atoms with Crippen LogP contribution < -0.4 is 26.6 Å². The van der Waals surface area contributed by atoms with E-state index in [-0.39, 0.29) is 82.1 Å². The van der Waals surface area contributed by atoms with Gasteiger partial charge in [-0.2, -0.15) is 0 Å². The molecule has 1 aliphatic heterocycles. The summed E-state index contributed by atoms with van der Waals surface area (Å²) < 4.78 is 33.7. The topological polar surface area (TPSA) is 312 Å². The number of nitrogens with zero attached hydrogens (tertiary/aromatic N) is 5. The number of esters is 6. The SMILES string of the molecule is CC(C)(C)OC(=O)CC[C@H](NC(=O)N[C@@H](CCCCNC(=O)[C@H](Cc1cc2ccccc2cn1)NC(=O)C1CCC(CNC(=O)CN2CCN(CC(=O)OC(C)(C)C)CCN(CC(=O)OC(C)(C)C)CCN(CC(=O)OC(C)(C)C)CC2)CC1)C(=O)OC(C)(C)C)C(=O)OC(C)(C)C. The van der Waals surface area contributed by atoms with Crippen molar-refractivity contribution in [3.8, 4) is 0 Å². The Kier molecular flexibility index (Phi) is 32.3. The van der Waals surface area contributed by atoms with Gasteiger partial charge in [-0.3, -0.25) is 58.1 Å². The van der Waals surface area contributed by atoms with Crippen LogP contribution in [-0.4, -0.2) is 228 Å². The fraction of sp³-hybridized carbons (Fsp3) is 0.736. The number of amides is 5. The summed E-state index contributed by atoms with van der Waals surface area (Å²) >= 11 is 0. The van der Waals surface area contributed by atoms with Crippen molar-refractivity contribution < 1.29 is 76.4 Å². The number of urea groups is 1. The van der Waals surface area contributed by atoms with Gasteiger partial charge in [-0.15, -0.1) is 0 Å². The minimum atomic E-state index is -1.26. The van der Waals surface area contributed by atoms with E-state index in [1.165, 1.54) is 0 Å². The Bertz CT molecular complexity index is 2920. The lowest BCUT2D eigenvalue weighted by molar-refractivity contribution is -0.159. The molecule has 2 fully saturated rings.